The summed E-state index contributed by atoms with van der Waals surface area (Å²) in [5, 5.41) is 2.68. The summed E-state index contributed by atoms with van der Waals surface area (Å²) in [7, 11) is 0. The van der Waals surface area contributed by atoms with E-state index in [0.717, 1.165) is 18.7 Å². The fourth-order valence-electron chi connectivity index (χ4n) is 1.99. The van der Waals surface area contributed by atoms with E-state index in [4.69, 9.17) is 0 Å². The first-order chi connectivity index (χ1) is 8.27. The number of likely N-dealkylation sites (N-methyl/N-ethyl adjacent to an activating group) is 1. The van der Waals surface area contributed by atoms with Crippen LogP contribution in [-0.4, -0.2) is 53.5 Å². The summed E-state index contributed by atoms with van der Waals surface area (Å²) in [6.45, 7) is 14.1. The minimum atomic E-state index is -0.775. The van der Waals surface area contributed by atoms with E-state index in [1.165, 1.54) is 4.90 Å². The lowest BCUT2D eigenvalue weighted by molar-refractivity contribution is -0.130. The van der Waals surface area contributed by atoms with Crippen molar-refractivity contribution in [1.82, 2.24) is 15.1 Å². The molecule has 0 unspecified atom stereocenters. The molecular weight excluding hydrogens is 230 g/mol. The Kier molecular flexibility index (Phi) is 4.51. The van der Waals surface area contributed by atoms with Crippen LogP contribution >= 0.6 is 0 Å². The van der Waals surface area contributed by atoms with E-state index in [-0.39, 0.29) is 11.9 Å². The van der Waals surface area contributed by atoms with Crippen molar-refractivity contribution in [3.05, 3.63) is 12.2 Å². The van der Waals surface area contributed by atoms with Crippen LogP contribution < -0.4 is 5.32 Å². The lowest BCUT2D eigenvalue weighted by Gasteiger charge is -2.23. The largest absolute Gasteiger partial charge is 0.325 e. The Bertz CT molecular complexity index is 363. The molecule has 0 radical (unpaired) electrons. The lowest BCUT2D eigenvalue weighted by atomic mass is 10.1. The topological polar surface area (TPSA) is 52.6 Å². The van der Waals surface area contributed by atoms with Crippen molar-refractivity contribution >= 4 is 11.9 Å². The monoisotopic (exact) mass is 253 g/mol. The van der Waals surface area contributed by atoms with Crippen LogP contribution in [0, 0.1) is 0 Å². The number of carbonyl (C=O) groups excluding carboxylic acids is 2. The summed E-state index contributed by atoms with van der Waals surface area (Å²) in [6, 6.07) is -0.295. The fourth-order valence-corrected chi connectivity index (χ4v) is 1.99. The predicted molar refractivity (Wildman–Crippen MR) is 71.3 cm³/mol. The van der Waals surface area contributed by atoms with Crippen molar-refractivity contribution in [3.8, 4) is 0 Å². The van der Waals surface area contributed by atoms with E-state index in [2.05, 4.69) is 23.7 Å². The second-order valence-electron chi connectivity index (χ2n) is 5.34. The summed E-state index contributed by atoms with van der Waals surface area (Å²) >= 11 is 0. The van der Waals surface area contributed by atoms with Crippen LogP contribution in [0.25, 0.3) is 0 Å². The summed E-state index contributed by atoms with van der Waals surface area (Å²) < 4.78 is 0. The molecule has 5 nitrogen and oxygen atoms in total. The average molecular weight is 253 g/mol. The Hall–Kier alpha value is -1.36. The predicted octanol–water partition coefficient (Wildman–Crippen LogP) is 1.21. The third-order valence-corrected chi connectivity index (χ3v) is 3.02. The molecule has 1 fully saturated rings. The third-order valence-electron chi connectivity index (χ3n) is 3.02. The van der Waals surface area contributed by atoms with Gasteiger partial charge < -0.3 is 5.32 Å². The van der Waals surface area contributed by atoms with Gasteiger partial charge in [0.15, 0.2) is 0 Å². The number of nitrogens with zero attached hydrogens (tertiary/aromatic N) is 2. The van der Waals surface area contributed by atoms with Crippen LogP contribution in [0.3, 0.4) is 0 Å². The maximum absolute atomic E-state index is 12.0. The van der Waals surface area contributed by atoms with Gasteiger partial charge in [0.1, 0.15) is 5.54 Å². The first kappa shape index (κ1) is 14.7. The maximum Gasteiger partial charge on any atom is 0.325 e. The minimum Gasteiger partial charge on any atom is -0.324 e. The molecule has 0 bridgehead atoms. The van der Waals surface area contributed by atoms with Crippen molar-refractivity contribution < 1.29 is 9.59 Å². The Balaban J connectivity index is 2.55. The molecule has 0 aromatic carbocycles. The van der Waals surface area contributed by atoms with E-state index < -0.39 is 5.54 Å². The van der Waals surface area contributed by atoms with Crippen LogP contribution in [0.2, 0.25) is 0 Å². The second-order valence-corrected chi connectivity index (χ2v) is 5.34. The van der Waals surface area contributed by atoms with Crippen molar-refractivity contribution in [2.75, 3.05) is 26.2 Å². The molecule has 5 heteroatoms. The van der Waals surface area contributed by atoms with Gasteiger partial charge in [-0.25, -0.2) is 4.79 Å². The molecule has 102 valence electrons. The Morgan fingerprint density at radius 1 is 1.44 bits per heavy atom. The lowest BCUT2D eigenvalue weighted by Crippen LogP contribution is -2.42. The first-order valence-corrected chi connectivity index (χ1v) is 6.28. The molecule has 1 N–H and O–H groups in total. The van der Waals surface area contributed by atoms with Gasteiger partial charge in [-0.05, 0) is 27.3 Å². The van der Waals surface area contributed by atoms with Gasteiger partial charge in [0, 0.05) is 19.6 Å². The van der Waals surface area contributed by atoms with E-state index in [1.807, 2.05) is 6.92 Å². The average Bonchev–Trinajstić information content (AvgIpc) is 2.44. The van der Waals surface area contributed by atoms with Crippen LogP contribution in [-0.2, 0) is 4.79 Å². The zero-order valence-corrected chi connectivity index (χ0v) is 11.7. The van der Waals surface area contributed by atoms with Crippen molar-refractivity contribution in [2.45, 2.75) is 33.2 Å². The molecule has 0 aromatic rings. The quantitative estimate of drug-likeness (QED) is 0.572. The fraction of sp³-hybridized carbons (Fsp3) is 0.692. The van der Waals surface area contributed by atoms with Gasteiger partial charge in [0.05, 0.1) is 0 Å². The van der Waals surface area contributed by atoms with Gasteiger partial charge in [-0.2, -0.15) is 0 Å². The zero-order chi connectivity index (χ0) is 13.9. The molecule has 1 rings (SSSR count). The van der Waals surface area contributed by atoms with Gasteiger partial charge in [0.2, 0.25) is 0 Å². The molecule has 0 saturated carbocycles. The summed E-state index contributed by atoms with van der Waals surface area (Å²) in [6.07, 6.45) is 0. The van der Waals surface area contributed by atoms with E-state index in [1.54, 1.807) is 13.8 Å². The molecule has 1 aliphatic heterocycles. The van der Waals surface area contributed by atoms with Gasteiger partial charge >= 0.3 is 6.03 Å². The number of amides is 3. The number of hydrogen-bond acceptors (Lipinski definition) is 3. The maximum atomic E-state index is 12.0. The minimum absolute atomic E-state index is 0.154. The van der Waals surface area contributed by atoms with Gasteiger partial charge in [0.25, 0.3) is 5.91 Å². The van der Waals surface area contributed by atoms with Crippen LogP contribution in [0.4, 0.5) is 4.79 Å². The van der Waals surface area contributed by atoms with Crippen LogP contribution in [0.5, 0.6) is 0 Å². The summed E-state index contributed by atoms with van der Waals surface area (Å²) in [5.41, 5.74) is 0.303. The number of urea groups is 1. The highest BCUT2D eigenvalue weighted by Gasteiger charge is 2.43. The molecular formula is C13H23N3O2. The zero-order valence-electron chi connectivity index (χ0n) is 11.7. The highest BCUT2D eigenvalue weighted by molar-refractivity contribution is 6.06. The van der Waals surface area contributed by atoms with Crippen LogP contribution in [0.1, 0.15) is 27.7 Å². The third kappa shape index (κ3) is 3.32. The molecule has 1 saturated heterocycles. The van der Waals surface area contributed by atoms with Crippen LogP contribution in [0.15, 0.2) is 12.2 Å². The van der Waals surface area contributed by atoms with Crippen molar-refractivity contribution in [1.29, 1.82) is 0 Å². The van der Waals surface area contributed by atoms with Gasteiger partial charge in [-0.3, -0.25) is 14.6 Å². The summed E-state index contributed by atoms with van der Waals surface area (Å²) in [4.78, 5) is 27.1. The normalized spacial score (nSPS) is 18.4. The molecule has 0 aliphatic carbocycles. The standard InChI is InChI=1S/C13H23N3O2/c1-6-15(9-10(2)3)7-8-16-11(17)13(4,5)14-12(16)18/h2,6-9H2,1,3-5H3,(H,14,18). The smallest absolute Gasteiger partial charge is 0.324 e. The SMILES string of the molecule is C=C(C)CN(CC)CCN1C(=O)NC(C)(C)C1=O. The second kappa shape index (κ2) is 5.52. The molecule has 1 heterocycles. The van der Waals surface area contributed by atoms with E-state index in [9.17, 15) is 9.59 Å². The number of imide groups is 1. The van der Waals surface area contributed by atoms with E-state index in [0.29, 0.717) is 13.1 Å². The van der Waals surface area contributed by atoms with Crippen molar-refractivity contribution in [3.63, 3.8) is 0 Å². The molecule has 0 spiro atoms. The Morgan fingerprint density at radius 2 is 2.06 bits per heavy atom. The van der Waals surface area contributed by atoms with Gasteiger partial charge in [-0.15, -0.1) is 0 Å². The Labute approximate surface area is 109 Å². The highest BCUT2D eigenvalue weighted by Crippen LogP contribution is 2.16. The number of carbonyl (C=O) groups is 2. The number of nitrogens with one attached hydrogen (secondary N) is 1. The first-order valence-electron chi connectivity index (χ1n) is 6.28. The molecule has 0 atom stereocenters. The van der Waals surface area contributed by atoms with Crippen molar-refractivity contribution in [2.24, 2.45) is 0 Å². The van der Waals surface area contributed by atoms with Gasteiger partial charge in [-0.1, -0.05) is 19.1 Å². The number of rotatable bonds is 6. The number of hydrogen-bond donors (Lipinski definition) is 1. The summed E-state index contributed by atoms with van der Waals surface area (Å²) in [5.74, 6) is -0.154. The Morgan fingerprint density at radius 3 is 2.44 bits per heavy atom. The highest BCUT2D eigenvalue weighted by atomic mass is 16.2. The molecule has 3 amide bonds. The molecule has 0 aromatic heterocycles. The van der Waals surface area contributed by atoms with E-state index >= 15 is 0 Å². The molecule has 18 heavy (non-hydrogen) atoms. The molecule has 1 aliphatic rings.